The van der Waals surface area contributed by atoms with Crippen LogP contribution in [-0.2, 0) is 13.2 Å². The van der Waals surface area contributed by atoms with Gasteiger partial charge in [-0.1, -0.05) is 30.3 Å². The first-order valence-electron chi connectivity index (χ1n) is 7.62. The summed E-state index contributed by atoms with van der Waals surface area (Å²) in [6.45, 7) is 3.39. The highest BCUT2D eigenvalue weighted by atomic mass is 16.5. The van der Waals surface area contributed by atoms with Gasteiger partial charge in [0.1, 0.15) is 12.4 Å². The molecule has 0 fully saturated rings. The van der Waals surface area contributed by atoms with E-state index >= 15 is 0 Å². The monoisotopic (exact) mass is 326 g/mol. The molecular formula is C17H18N4O3. The molecule has 124 valence electrons. The Labute approximate surface area is 139 Å². The maximum atomic E-state index is 12.0. The van der Waals surface area contributed by atoms with Gasteiger partial charge in [0.15, 0.2) is 0 Å². The number of benzene rings is 1. The molecule has 3 rings (SSSR count). The van der Waals surface area contributed by atoms with E-state index in [1.807, 2.05) is 48.0 Å². The molecule has 7 nitrogen and oxygen atoms in total. The molecule has 3 aromatic rings. The van der Waals surface area contributed by atoms with Gasteiger partial charge < -0.3 is 19.1 Å². The molecule has 0 aliphatic heterocycles. The first-order chi connectivity index (χ1) is 11.7. The van der Waals surface area contributed by atoms with Crippen molar-refractivity contribution in [3.8, 4) is 5.88 Å². The van der Waals surface area contributed by atoms with E-state index in [4.69, 9.17) is 9.26 Å². The number of hydrogen-bond acceptors (Lipinski definition) is 5. The Morgan fingerprint density at radius 1 is 1.33 bits per heavy atom. The zero-order chi connectivity index (χ0) is 16.8. The van der Waals surface area contributed by atoms with Crippen LogP contribution in [0.25, 0.3) is 0 Å². The van der Waals surface area contributed by atoms with Crippen LogP contribution in [0.1, 0.15) is 21.9 Å². The molecule has 0 aliphatic rings. The van der Waals surface area contributed by atoms with E-state index in [0.717, 1.165) is 11.4 Å². The van der Waals surface area contributed by atoms with Crippen LogP contribution in [0.3, 0.4) is 0 Å². The average Bonchev–Trinajstić information content (AvgIpc) is 3.23. The standard InChI is InChI=1S/C17H18N4O3/c1-13-18-7-9-21(13)10-8-19-17(22)15-11-16(20-24-15)23-12-14-5-3-2-4-6-14/h2-7,9,11H,8,10,12H2,1H3,(H,19,22). The number of hydrogen-bond donors (Lipinski definition) is 1. The second-order valence-corrected chi connectivity index (χ2v) is 5.23. The third-order valence-electron chi connectivity index (χ3n) is 3.50. The van der Waals surface area contributed by atoms with Crippen molar-refractivity contribution >= 4 is 5.91 Å². The van der Waals surface area contributed by atoms with Crippen molar-refractivity contribution in [2.75, 3.05) is 6.54 Å². The predicted octanol–water partition coefficient (Wildman–Crippen LogP) is 2.19. The normalized spacial score (nSPS) is 10.5. The molecular weight excluding hydrogens is 308 g/mol. The highest BCUT2D eigenvalue weighted by Gasteiger charge is 2.13. The number of amides is 1. The van der Waals surface area contributed by atoms with Crippen molar-refractivity contribution in [1.29, 1.82) is 0 Å². The molecule has 1 aromatic carbocycles. The Kier molecular flexibility index (Phi) is 4.90. The summed E-state index contributed by atoms with van der Waals surface area (Å²) in [5.41, 5.74) is 1.02. The van der Waals surface area contributed by atoms with E-state index in [9.17, 15) is 4.79 Å². The number of aryl methyl sites for hydroxylation is 1. The number of imidazole rings is 1. The lowest BCUT2D eigenvalue weighted by molar-refractivity contribution is 0.0915. The summed E-state index contributed by atoms with van der Waals surface area (Å²) in [4.78, 5) is 16.1. The predicted molar refractivity (Wildman–Crippen MR) is 86.6 cm³/mol. The van der Waals surface area contributed by atoms with E-state index in [0.29, 0.717) is 19.7 Å². The fourth-order valence-corrected chi connectivity index (χ4v) is 2.18. The number of nitrogens with zero attached hydrogens (tertiary/aromatic N) is 3. The second-order valence-electron chi connectivity index (χ2n) is 5.23. The molecule has 0 saturated carbocycles. The van der Waals surface area contributed by atoms with Crippen LogP contribution >= 0.6 is 0 Å². The zero-order valence-corrected chi connectivity index (χ0v) is 13.3. The van der Waals surface area contributed by atoms with Gasteiger partial charge >= 0.3 is 0 Å². The molecule has 0 spiro atoms. The number of rotatable bonds is 7. The van der Waals surface area contributed by atoms with E-state index in [-0.39, 0.29) is 17.5 Å². The molecule has 2 heterocycles. The lowest BCUT2D eigenvalue weighted by Gasteiger charge is -2.05. The summed E-state index contributed by atoms with van der Waals surface area (Å²) in [6.07, 6.45) is 3.59. The van der Waals surface area contributed by atoms with Crippen LogP contribution in [0.15, 0.2) is 53.3 Å². The molecule has 7 heteroatoms. The number of carbonyl (C=O) groups is 1. The van der Waals surface area contributed by atoms with Gasteiger partial charge in [0, 0.05) is 25.5 Å². The molecule has 0 unspecified atom stereocenters. The highest BCUT2D eigenvalue weighted by Crippen LogP contribution is 2.13. The number of nitrogens with one attached hydrogen (secondary N) is 1. The number of ether oxygens (including phenoxy) is 1. The van der Waals surface area contributed by atoms with E-state index in [1.54, 1.807) is 6.20 Å². The summed E-state index contributed by atoms with van der Waals surface area (Å²) >= 11 is 0. The maximum absolute atomic E-state index is 12.0. The number of carbonyl (C=O) groups excluding carboxylic acids is 1. The zero-order valence-electron chi connectivity index (χ0n) is 13.3. The van der Waals surface area contributed by atoms with Crippen molar-refractivity contribution in [3.63, 3.8) is 0 Å². The van der Waals surface area contributed by atoms with Crippen molar-refractivity contribution in [2.45, 2.75) is 20.1 Å². The van der Waals surface area contributed by atoms with E-state index in [1.165, 1.54) is 6.07 Å². The molecule has 2 aromatic heterocycles. The maximum Gasteiger partial charge on any atom is 0.290 e. The molecule has 24 heavy (non-hydrogen) atoms. The van der Waals surface area contributed by atoms with Gasteiger partial charge in [0.2, 0.25) is 5.76 Å². The Hall–Kier alpha value is -3.09. The smallest absolute Gasteiger partial charge is 0.290 e. The molecule has 0 bridgehead atoms. The van der Waals surface area contributed by atoms with Crippen LogP contribution < -0.4 is 10.1 Å². The third-order valence-corrected chi connectivity index (χ3v) is 3.50. The largest absolute Gasteiger partial charge is 0.471 e. The van der Waals surface area contributed by atoms with Crippen molar-refractivity contribution in [1.82, 2.24) is 20.0 Å². The van der Waals surface area contributed by atoms with Gasteiger partial charge in [-0.05, 0) is 17.6 Å². The lowest BCUT2D eigenvalue weighted by Crippen LogP contribution is -2.27. The Bertz CT molecular complexity index is 795. The van der Waals surface area contributed by atoms with Crippen LogP contribution in [0.2, 0.25) is 0 Å². The minimum atomic E-state index is -0.324. The van der Waals surface area contributed by atoms with E-state index < -0.39 is 0 Å². The lowest BCUT2D eigenvalue weighted by atomic mass is 10.2. The Morgan fingerprint density at radius 3 is 2.92 bits per heavy atom. The fourth-order valence-electron chi connectivity index (χ4n) is 2.18. The molecule has 0 atom stereocenters. The van der Waals surface area contributed by atoms with Gasteiger partial charge in [0.25, 0.3) is 11.8 Å². The van der Waals surface area contributed by atoms with Crippen LogP contribution in [0.5, 0.6) is 5.88 Å². The first-order valence-corrected chi connectivity index (χ1v) is 7.62. The van der Waals surface area contributed by atoms with Gasteiger partial charge in [-0.15, -0.1) is 0 Å². The Morgan fingerprint density at radius 2 is 2.17 bits per heavy atom. The minimum Gasteiger partial charge on any atom is -0.471 e. The van der Waals surface area contributed by atoms with Gasteiger partial charge in [-0.2, -0.15) is 0 Å². The fraction of sp³-hybridized carbons (Fsp3) is 0.235. The summed E-state index contributed by atoms with van der Waals surface area (Å²) in [5, 5.41) is 6.53. The second kappa shape index (κ2) is 7.45. The molecule has 1 amide bonds. The molecule has 0 saturated heterocycles. The first kappa shape index (κ1) is 15.8. The van der Waals surface area contributed by atoms with Crippen molar-refractivity contribution in [3.05, 3.63) is 65.9 Å². The SMILES string of the molecule is Cc1nccn1CCNC(=O)c1cc(OCc2ccccc2)no1. The van der Waals surface area contributed by atoms with Crippen LogP contribution in [-0.4, -0.2) is 27.2 Å². The summed E-state index contributed by atoms with van der Waals surface area (Å²) in [5.74, 6) is 0.991. The average molecular weight is 326 g/mol. The van der Waals surface area contributed by atoms with Gasteiger partial charge in [-0.3, -0.25) is 4.79 Å². The molecule has 0 aliphatic carbocycles. The topological polar surface area (TPSA) is 82.2 Å². The van der Waals surface area contributed by atoms with Crippen LogP contribution in [0.4, 0.5) is 0 Å². The quantitative estimate of drug-likeness (QED) is 0.719. The van der Waals surface area contributed by atoms with Crippen LogP contribution in [0, 0.1) is 6.92 Å². The molecule has 1 N–H and O–H groups in total. The highest BCUT2D eigenvalue weighted by molar-refractivity contribution is 5.91. The number of aromatic nitrogens is 3. The summed E-state index contributed by atoms with van der Waals surface area (Å²) in [6, 6.07) is 11.2. The van der Waals surface area contributed by atoms with Crippen molar-refractivity contribution < 1.29 is 14.1 Å². The van der Waals surface area contributed by atoms with Crippen molar-refractivity contribution in [2.24, 2.45) is 0 Å². The summed E-state index contributed by atoms with van der Waals surface area (Å²) < 4.78 is 12.5. The molecule has 0 radical (unpaired) electrons. The van der Waals surface area contributed by atoms with Gasteiger partial charge in [-0.25, -0.2) is 4.98 Å². The third kappa shape index (κ3) is 4.01. The van der Waals surface area contributed by atoms with E-state index in [2.05, 4.69) is 15.5 Å². The Balaban J connectivity index is 1.47. The van der Waals surface area contributed by atoms with Gasteiger partial charge in [0.05, 0.1) is 6.07 Å². The minimum absolute atomic E-state index is 0.125. The summed E-state index contributed by atoms with van der Waals surface area (Å²) in [7, 11) is 0.